The van der Waals surface area contributed by atoms with Crippen LogP contribution in [0.3, 0.4) is 0 Å². The Morgan fingerprint density at radius 3 is 2.36 bits per heavy atom. The van der Waals surface area contributed by atoms with Gasteiger partial charge in [-0.3, -0.25) is 14.4 Å². The van der Waals surface area contributed by atoms with E-state index < -0.39 is 29.8 Å². The lowest BCUT2D eigenvalue weighted by atomic mass is 10.2. The van der Waals surface area contributed by atoms with Gasteiger partial charge < -0.3 is 19.5 Å². The number of hydrogen-bond donors (Lipinski definition) is 1. The highest BCUT2D eigenvalue weighted by Gasteiger charge is 2.34. The average Bonchev–Trinajstić information content (AvgIpc) is 2.61. The summed E-state index contributed by atoms with van der Waals surface area (Å²) in [5.74, 6) is -0.482. The Hall–Kier alpha value is -3.30. The SMILES string of the molecule is CN(C)C(=O)COc1ccc(NC(=O)Cn2cccc(C(F)(F)F)c2=O)cc1. The van der Waals surface area contributed by atoms with E-state index in [-0.39, 0.29) is 12.5 Å². The minimum absolute atomic E-state index is 0.142. The quantitative estimate of drug-likeness (QED) is 0.808. The van der Waals surface area contributed by atoms with E-state index in [1.165, 1.54) is 29.2 Å². The van der Waals surface area contributed by atoms with Crippen LogP contribution in [0.5, 0.6) is 5.75 Å². The molecule has 0 aliphatic heterocycles. The third-order valence-electron chi connectivity index (χ3n) is 3.64. The van der Waals surface area contributed by atoms with Crippen LogP contribution < -0.4 is 15.6 Å². The van der Waals surface area contributed by atoms with Gasteiger partial charge in [-0.25, -0.2) is 0 Å². The molecule has 0 unspecified atom stereocenters. The number of likely N-dealkylation sites (N-methyl/N-ethyl adjacent to an activating group) is 1. The van der Waals surface area contributed by atoms with Crippen LogP contribution in [0.15, 0.2) is 47.4 Å². The van der Waals surface area contributed by atoms with E-state index in [9.17, 15) is 27.6 Å². The number of hydrogen-bond acceptors (Lipinski definition) is 4. The zero-order chi connectivity index (χ0) is 20.9. The van der Waals surface area contributed by atoms with Crippen LogP contribution >= 0.6 is 0 Å². The predicted octanol–water partition coefficient (Wildman–Crippen LogP) is 1.97. The normalized spacial score (nSPS) is 11.0. The number of carbonyl (C=O) groups is 2. The van der Waals surface area contributed by atoms with Gasteiger partial charge in [0, 0.05) is 26.0 Å². The molecule has 0 bridgehead atoms. The van der Waals surface area contributed by atoms with Gasteiger partial charge in [0.2, 0.25) is 5.91 Å². The van der Waals surface area contributed by atoms with Crippen molar-refractivity contribution in [2.75, 3.05) is 26.0 Å². The summed E-state index contributed by atoms with van der Waals surface area (Å²) in [4.78, 5) is 36.7. The summed E-state index contributed by atoms with van der Waals surface area (Å²) in [5, 5.41) is 2.48. The topological polar surface area (TPSA) is 80.6 Å². The van der Waals surface area contributed by atoms with Crippen molar-refractivity contribution in [3.8, 4) is 5.75 Å². The van der Waals surface area contributed by atoms with Crippen LogP contribution in [0.25, 0.3) is 0 Å². The number of benzene rings is 1. The summed E-state index contributed by atoms with van der Waals surface area (Å²) < 4.78 is 44.2. The Morgan fingerprint density at radius 1 is 1.14 bits per heavy atom. The third kappa shape index (κ3) is 5.60. The van der Waals surface area contributed by atoms with Crippen molar-refractivity contribution in [2.24, 2.45) is 0 Å². The first-order chi connectivity index (χ1) is 13.1. The maximum atomic E-state index is 12.8. The molecule has 2 aromatic rings. The highest BCUT2D eigenvalue weighted by Crippen LogP contribution is 2.26. The number of alkyl halides is 3. The molecular formula is C18H18F3N3O4. The fourth-order valence-corrected chi connectivity index (χ4v) is 2.14. The number of carbonyl (C=O) groups excluding carboxylic acids is 2. The van der Waals surface area contributed by atoms with Crippen molar-refractivity contribution in [1.29, 1.82) is 0 Å². The highest BCUT2D eigenvalue weighted by atomic mass is 19.4. The van der Waals surface area contributed by atoms with Crippen LogP contribution in [-0.2, 0) is 22.3 Å². The number of amides is 2. The van der Waals surface area contributed by atoms with Crippen molar-refractivity contribution < 1.29 is 27.5 Å². The standard InChI is InChI=1S/C18H18F3N3O4/c1-23(2)16(26)11-28-13-7-5-12(6-8-13)22-15(25)10-24-9-3-4-14(17(24)27)18(19,20)21/h3-9H,10-11H2,1-2H3,(H,22,25). The Kier molecular flexibility index (Phi) is 6.45. The zero-order valence-corrected chi connectivity index (χ0v) is 15.1. The number of ether oxygens (including phenoxy) is 1. The maximum Gasteiger partial charge on any atom is 0.421 e. The molecule has 7 nitrogen and oxygen atoms in total. The lowest BCUT2D eigenvalue weighted by Crippen LogP contribution is -2.31. The molecule has 0 spiro atoms. The van der Waals surface area contributed by atoms with Crippen LogP contribution in [0.2, 0.25) is 0 Å². The molecule has 0 atom stereocenters. The van der Waals surface area contributed by atoms with Gasteiger partial charge >= 0.3 is 6.18 Å². The molecule has 1 N–H and O–H groups in total. The zero-order valence-electron chi connectivity index (χ0n) is 15.1. The van der Waals surface area contributed by atoms with Gasteiger partial charge in [-0.15, -0.1) is 0 Å². The molecule has 0 aliphatic carbocycles. The number of anilines is 1. The van der Waals surface area contributed by atoms with Gasteiger partial charge in [-0.2, -0.15) is 13.2 Å². The van der Waals surface area contributed by atoms with Crippen LogP contribution in [-0.4, -0.2) is 42.0 Å². The molecule has 28 heavy (non-hydrogen) atoms. The lowest BCUT2D eigenvalue weighted by molar-refractivity contribution is -0.139. The molecule has 1 aromatic heterocycles. The minimum Gasteiger partial charge on any atom is -0.484 e. The number of nitrogens with zero attached hydrogens (tertiary/aromatic N) is 2. The summed E-state index contributed by atoms with van der Waals surface area (Å²) in [6.45, 7) is -0.713. The van der Waals surface area contributed by atoms with E-state index in [4.69, 9.17) is 4.74 Å². The Labute approximate surface area is 158 Å². The molecule has 150 valence electrons. The van der Waals surface area contributed by atoms with Gasteiger partial charge in [0.15, 0.2) is 6.61 Å². The second kappa shape index (κ2) is 8.59. The number of pyridine rings is 1. The van der Waals surface area contributed by atoms with Crippen LogP contribution in [0.4, 0.5) is 18.9 Å². The Morgan fingerprint density at radius 2 is 1.79 bits per heavy atom. The average molecular weight is 397 g/mol. The van der Waals surface area contributed by atoms with Gasteiger partial charge in [0.25, 0.3) is 11.5 Å². The Balaban J connectivity index is 1.99. The number of aromatic nitrogens is 1. The number of rotatable bonds is 6. The van der Waals surface area contributed by atoms with Crippen molar-refractivity contribution in [3.05, 3.63) is 58.5 Å². The lowest BCUT2D eigenvalue weighted by Gasteiger charge is -2.12. The molecule has 1 aromatic carbocycles. The molecule has 10 heteroatoms. The van der Waals surface area contributed by atoms with E-state index in [1.807, 2.05) is 0 Å². The molecule has 0 saturated heterocycles. The second-order valence-electron chi connectivity index (χ2n) is 6.00. The van der Waals surface area contributed by atoms with Gasteiger partial charge in [0.1, 0.15) is 17.9 Å². The largest absolute Gasteiger partial charge is 0.484 e. The second-order valence-corrected chi connectivity index (χ2v) is 6.00. The molecule has 0 radical (unpaired) electrons. The Bertz CT molecular complexity index is 906. The van der Waals surface area contributed by atoms with Gasteiger partial charge in [0.05, 0.1) is 0 Å². The van der Waals surface area contributed by atoms with Crippen molar-refractivity contribution >= 4 is 17.5 Å². The molecule has 1 heterocycles. The summed E-state index contributed by atoms with van der Waals surface area (Å²) in [5.41, 5.74) is -2.27. The summed E-state index contributed by atoms with van der Waals surface area (Å²) >= 11 is 0. The van der Waals surface area contributed by atoms with Crippen molar-refractivity contribution in [3.63, 3.8) is 0 Å². The molecule has 0 aliphatic rings. The van der Waals surface area contributed by atoms with Crippen LogP contribution in [0.1, 0.15) is 5.56 Å². The predicted molar refractivity (Wildman–Crippen MR) is 95.0 cm³/mol. The summed E-state index contributed by atoms with van der Waals surface area (Å²) in [7, 11) is 3.19. The van der Waals surface area contributed by atoms with Crippen molar-refractivity contribution in [1.82, 2.24) is 9.47 Å². The minimum atomic E-state index is -4.79. The molecule has 2 rings (SSSR count). The van der Waals surface area contributed by atoms with E-state index in [2.05, 4.69) is 5.32 Å². The number of halogens is 3. The van der Waals surface area contributed by atoms with E-state index in [0.717, 1.165) is 12.3 Å². The maximum absolute atomic E-state index is 12.8. The highest BCUT2D eigenvalue weighted by molar-refractivity contribution is 5.90. The van der Waals surface area contributed by atoms with E-state index in [0.29, 0.717) is 22.1 Å². The first-order valence-electron chi connectivity index (χ1n) is 8.07. The molecule has 0 fully saturated rings. The van der Waals surface area contributed by atoms with Crippen molar-refractivity contribution in [2.45, 2.75) is 12.7 Å². The summed E-state index contributed by atoms with van der Waals surface area (Å²) in [6, 6.07) is 7.77. The van der Waals surface area contributed by atoms with E-state index >= 15 is 0 Å². The van der Waals surface area contributed by atoms with Gasteiger partial charge in [-0.05, 0) is 36.4 Å². The van der Waals surface area contributed by atoms with Gasteiger partial charge in [-0.1, -0.05) is 0 Å². The smallest absolute Gasteiger partial charge is 0.421 e. The molecular weight excluding hydrogens is 379 g/mol. The molecule has 0 saturated carbocycles. The first-order valence-corrected chi connectivity index (χ1v) is 8.07. The third-order valence-corrected chi connectivity index (χ3v) is 3.64. The fourth-order valence-electron chi connectivity index (χ4n) is 2.14. The van der Waals surface area contributed by atoms with E-state index in [1.54, 1.807) is 14.1 Å². The first kappa shape index (κ1) is 21.0. The molecule has 2 amide bonds. The summed E-state index contributed by atoms with van der Waals surface area (Å²) in [6.07, 6.45) is -3.68. The van der Waals surface area contributed by atoms with Crippen LogP contribution in [0, 0.1) is 0 Å². The number of nitrogens with one attached hydrogen (secondary N) is 1. The monoisotopic (exact) mass is 397 g/mol. The fraction of sp³-hybridized carbons (Fsp3) is 0.278.